The van der Waals surface area contributed by atoms with Crippen LogP contribution in [0.25, 0.3) is 0 Å². The third kappa shape index (κ3) is 1.62. The summed E-state index contributed by atoms with van der Waals surface area (Å²) in [7, 11) is 0. The normalized spacial score (nSPS) is 26.9. The number of alkyl halides is 1. The van der Waals surface area contributed by atoms with Gasteiger partial charge in [0.2, 0.25) is 0 Å². The Balaban J connectivity index is 2.07. The molecule has 76 valence electrons. The van der Waals surface area contributed by atoms with Crippen LogP contribution in [0.2, 0.25) is 0 Å². The number of halogens is 1. The highest BCUT2D eigenvalue weighted by molar-refractivity contribution is 6.21. The smallest absolute Gasteiger partial charge is 0.276 e. The summed E-state index contributed by atoms with van der Waals surface area (Å²) in [5.41, 5.74) is 0.350. The fourth-order valence-electron chi connectivity index (χ4n) is 1.58. The first-order valence-corrected chi connectivity index (χ1v) is 4.96. The number of hydrogen-bond donors (Lipinski definition) is 0. The minimum Gasteiger partial charge on any atom is -0.364 e. The predicted molar refractivity (Wildman–Crippen MR) is 51.2 cm³/mol. The van der Waals surface area contributed by atoms with Crippen molar-refractivity contribution in [3.05, 3.63) is 18.0 Å². The lowest BCUT2D eigenvalue weighted by Crippen LogP contribution is -2.29. The molecule has 2 unspecified atom stereocenters. The van der Waals surface area contributed by atoms with E-state index in [4.69, 9.17) is 11.6 Å². The Morgan fingerprint density at radius 2 is 2.50 bits per heavy atom. The van der Waals surface area contributed by atoms with Crippen molar-refractivity contribution < 1.29 is 9.32 Å². The van der Waals surface area contributed by atoms with E-state index in [1.54, 1.807) is 11.0 Å². The summed E-state index contributed by atoms with van der Waals surface area (Å²) in [5.74, 6) is 0.237. The number of carbonyl (C=O) groups excluding carboxylic acids is 1. The molecule has 4 nitrogen and oxygen atoms in total. The second-order valence-corrected chi connectivity index (χ2v) is 4.15. The molecule has 1 aromatic heterocycles. The third-order valence-electron chi connectivity index (χ3n) is 2.46. The van der Waals surface area contributed by atoms with Gasteiger partial charge in [-0.05, 0) is 5.92 Å². The van der Waals surface area contributed by atoms with Crippen LogP contribution in [0.1, 0.15) is 17.4 Å². The van der Waals surface area contributed by atoms with Crippen LogP contribution in [0.4, 0.5) is 0 Å². The van der Waals surface area contributed by atoms with Crippen molar-refractivity contribution in [3.63, 3.8) is 0 Å². The summed E-state index contributed by atoms with van der Waals surface area (Å²) in [4.78, 5) is 13.5. The fourth-order valence-corrected chi connectivity index (χ4v) is 1.82. The summed E-state index contributed by atoms with van der Waals surface area (Å²) in [6.07, 6.45) is 1.39. The average molecular weight is 215 g/mol. The van der Waals surface area contributed by atoms with Crippen molar-refractivity contribution >= 4 is 17.5 Å². The molecule has 1 aromatic rings. The van der Waals surface area contributed by atoms with Crippen molar-refractivity contribution in [1.29, 1.82) is 0 Å². The number of rotatable bonds is 1. The molecule has 2 atom stereocenters. The molecular weight excluding hydrogens is 204 g/mol. The van der Waals surface area contributed by atoms with E-state index in [0.29, 0.717) is 24.7 Å². The molecule has 1 amide bonds. The lowest BCUT2D eigenvalue weighted by Gasteiger charge is -2.13. The van der Waals surface area contributed by atoms with Crippen molar-refractivity contribution in [2.75, 3.05) is 13.1 Å². The molecule has 1 saturated heterocycles. The van der Waals surface area contributed by atoms with Gasteiger partial charge in [-0.15, -0.1) is 11.6 Å². The Morgan fingerprint density at radius 3 is 3.00 bits per heavy atom. The maximum absolute atomic E-state index is 11.7. The first-order chi connectivity index (χ1) is 6.68. The highest BCUT2D eigenvalue weighted by atomic mass is 35.5. The summed E-state index contributed by atoms with van der Waals surface area (Å²) >= 11 is 6.03. The van der Waals surface area contributed by atoms with E-state index in [2.05, 4.69) is 9.68 Å². The van der Waals surface area contributed by atoms with Gasteiger partial charge in [-0.3, -0.25) is 4.79 Å². The molecule has 0 saturated carbocycles. The van der Waals surface area contributed by atoms with Crippen molar-refractivity contribution in [1.82, 2.24) is 10.1 Å². The molecule has 1 fully saturated rings. The zero-order valence-electron chi connectivity index (χ0n) is 7.81. The van der Waals surface area contributed by atoms with E-state index in [0.717, 1.165) is 0 Å². The van der Waals surface area contributed by atoms with E-state index in [-0.39, 0.29) is 11.3 Å². The van der Waals surface area contributed by atoms with Crippen molar-refractivity contribution in [3.8, 4) is 0 Å². The molecule has 1 aliphatic heterocycles. The topological polar surface area (TPSA) is 46.3 Å². The van der Waals surface area contributed by atoms with Gasteiger partial charge in [-0.1, -0.05) is 12.1 Å². The lowest BCUT2D eigenvalue weighted by atomic mass is 10.2. The summed E-state index contributed by atoms with van der Waals surface area (Å²) in [6.45, 7) is 3.32. The number of hydrogen-bond acceptors (Lipinski definition) is 3. The Kier molecular flexibility index (Phi) is 2.46. The first kappa shape index (κ1) is 9.52. The molecule has 0 aromatic carbocycles. The van der Waals surface area contributed by atoms with Gasteiger partial charge < -0.3 is 9.42 Å². The van der Waals surface area contributed by atoms with Crippen molar-refractivity contribution in [2.24, 2.45) is 5.92 Å². The second-order valence-electron chi connectivity index (χ2n) is 3.59. The Hall–Kier alpha value is -1.03. The third-order valence-corrected chi connectivity index (χ3v) is 3.03. The van der Waals surface area contributed by atoms with Crippen LogP contribution in [0.3, 0.4) is 0 Å². The van der Waals surface area contributed by atoms with Crippen LogP contribution >= 0.6 is 11.6 Å². The zero-order valence-corrected chi connectivity index (χ0v) is 8.57. The number of aromatic nitrogens is 1. The average Bonchev–Trinajstić information content (AvgIpc) is 2.76. The minimum absolute atomic E-state index is 0.0471. The van der Waals surface area contributed by atoms with Gasteiger partial charge in [0.1, 0.15) is 6.26 Å². The number of amides is 1. The molecule has 0 spiro atoms. The van der Waals surface area contributed by atoms with Crippen LogP contribution in [0.15, 0.2) is 16.9 Å². The van der Waals surface area contributed by atoms with E-state index in [1.165, 1.54) is 6.26 Å². The fraction of sp³-hybridized carbons (Fsp3) is 0.556. The van der Waals surface area contributed by atoms with Crippen LogP contribution in [-0.2, 0) is 0 Å². The van der Waals surface area contributed by atoms with Crippen molar-refractivity contribution in [2.45, 2.75) is 12.3 Å². The molecule has 0 bridgehead atoms. The van der Waals surface area contributed by atoms with E-state index in [1.807, 2.05) is 6.92 Å². The first-order valence-electron chi connectivity index (χ1n) is 4.52. The quantitative estimate of drug-likeness (QED) is 0.664. The lowest BCUT2D eigenvalue weighted by molar-refractivity contribution is 0.0778. The van der Waals surface area contributed by atoms with E-state index in [9.17, 15) is 4.79 Å². The standard InChI is InChI=1S/C9H11ClN2O2/c1-6-4-12(5-7(6)10)9(13)8-2-3-14-11-8/h2-3,6-7H,4-5H2,1H3. The molecule has 14 heavy (non-hydrogen) atoms. The van der Waals surface area contributed by atoms with E-state index < -0.39 is 0 Å². The van der Waals surface area contributed by atoms with Crippen LogP contribution < -0.4 is 0 Å². The summed E-state index contributed by atoms with van der Waals surface area (Å²) < 4.78 is 4.62. The van der Waals surface area contributed by atoms with Gasteiger partial charge >= 0.3 is 0 Å². The number of likely N-dealkylation sites (tertiary alicyclic amines) is 1. The van der Waals surface area contributed by atoms with Crippen LogP contribution in [-0.4, -0.2) is 34.4 Å². The highest BCUT2D eigenvalue weighted by Crippen LogP contribution is 2.22. The number of carbonyl (C=O) groups is 1. The number of nitrogens with zero attached hydrogens (tertiary/aromatic N) is 2. The predicted octanol–water partition coefficient (Wildman–Crippen LogP) is 1.37. The maximum Gasteiger partial charge on any atom is 0.276 e. The maximum atomic E-state index is 11.7. The summed E-state index contributed by atoms with van der Waals surface area (Å²) in [5, 5.41) is 3.65. The summed E-state index contributed by atoms with van der Waals surface area (Å²) in [6, 6.07) is 1.56. The largest absolute Gasteiger partial charge is 0.364 e. The van der Waals surface area contributed by atoms with Crippen LogP contribution in [0, 0.1) is 5.92 Å². The molecule has 0 aliphatic carbocycles. The van der Waals surface area contributed by atoms with Crippen LogP contribution in [0.5, 0.6) is 0 Å². The Labute approximate surface area is 86.8 Å². The van der Waals surface area contributed by atoms with Gasteiger partial charge in [-0.2, -0.15) is 0 Å². The molecule has 2 rings (SSSR count). The van der Waals surface area contributed by atoms with Gasteiger partial charge in [0.05, 0.1) is 5.38 Å². The van der Waals surface area contributed by atoms with Gasteiger partial charge in [0.15, 0.2) is 5.69 Å². The molecule has 2 heterocycles. The monoisotopic (exact) mass is 214 g/mol. The van der Waals surface area contributed by atoms with Gasteiger partial charge in [-0.25, -0.2) is 0 Å². The Morgan fingerprint density at radius 1 is 1.71 bits per heavy atom. The highest BCUT2D eigenvalue weighted by Gasteiger charge is 2.32. The Bertz CT molecular complexity index is 316. The van der Waals surface area contributed by atoms with E-state index >= 15 is 0 Å². The molecule has 1 aliphatic rings. The van der Waals surface area contributed by atoms with Gasteiger partial charge in [0, 0.05) is 19.2 Å². The minimum atomic E-state index is -0.103. The van der Waals surface area contributed by atoms with Gasteiger partial charge in [0.25, 0.3) is 5.91 Å². The second kappa shape index (κ2) is 3.61. The SMILES string of the molecule is CC1CN(C(=O)c2ccon2)CC1Cl. The molecule has 5 heteroatoms. The molecule has 0 radical (unpaired) electrons. The zero-order chi connectivity index (χ0) is 10.1. The molecular formula is C9H11ClN2O2. The molecule has 0 N–H and O–H groups in total.